The van der Waals surface area contributed by atoms with Gasteiger partial charge < -0.3 is 10.5 Å². The van der Waals surface area contributed by atoms with E-state index in [-0.39, 0.29) is 11.4 Å². The molecule has 0 bridgehead atoms. The maximum absolute atomic E-state index is 12.5. The van der Waals surface area contributed by atoms with Gasteiger partial charge in [-0.2, -0.15) is 13.2 Å². The van der Waals surface area contributed by atoms with Crippen LogP contribution in [0, 0.1) is 0 Å². The Morgan fingerprint density at radius 1 is 0.889 bits per heavy atom. The fraction of sp³-hybridized carbons (Fsp3) is 0.0769. The van der Waals surface area contributed by atoms with Gasteiger partial charge >= 0.3 is 6.18 Å². The zero-order valence-corrected chi connectivity index (χ0v) is 9.16. The Kier molecular flexibility index (Phi) is 3.14. The predicted octanol–water partition coefficient (Wildman–Crippen LogP) is 4.41. The molecule has 1 radical (unpaired) electrons. The molecule has 0 saturated carbocycles. The largest absolute Gasteiger partial charge is 0.457 e. The first-order valence-corrected chi connectivity index (χ1v) is 5.12. The molecule has 1 N–H and O–H groups in total. The van der Waals surface area contributed by atoms with Crippen LogP contribution in [-0.2, 0) is 6.18 Å². The van der Waals surface area contributed by atoms with Gasteiger partial charge in [-0.25, -0.2) is 0 Å². The zero-order valence-electron chi connectivity index (χ0n) is 9.16. The Labute approximate surface area is 102 Å². The van der Waals surface area contributed by atoms with E-state index in [1.807, 2.05) is 0 Å². The molecule has 0 aliphatic heterocycles. The average Bonchev–Trinajstić information content (AvgIpc) is 2.28. The van der Waals surface area contributed by atoms with E-state index < -0.39 is 11.7 Å². The highest BCUT2D eigenvalue weighted by atomic mass is 19.4. The summed E-state index contributed by atoms with van der Waals surface area (Å²) in [4.78, 5) is 0. The second-order valence-electron chi connectivity index (χ2n) is 3.66. The highest BCUT2D eigenvalue weighted by Gasteiger charge is 2.30. The summed E-state index contributed by atoms with van der Waals surface area (Å²) >= 11 is 0. The van der Waals surface area contributed by atoms with Crippen molar-refractivity contribution in [2.45, 2.75) is 6.18 Å². The summed E-state index contributed by atoms with van der Waals surface area (Å²) in [6.45, 7) is 0. The number of ether oxygens (including phenoxy) is 1. The number of alkyl halides is 3. The number of halogens is 3. The maximum atomic E-state index is 12.5. The van der Waals surface area contributed by atoms with Crippen molar-refractivity contribution < 1.29 is 17.9 Å². The quantitative estimate of drug-likeness (QED) is 0.779. The van der Waals surface area contributed by atoms with E-state index in [1.165, 1.54) is 18.2 Å². The molecule has 2 aromatic carbocycles. The fourth-order valence-electron chi connectivity index (χ4n) is 1.43. The van der Waals surface area contributed by atoms with Crippen LogP contribution in [0.3, 0.4) is 0 Å². The lowest BCUT2D eigenvalue weighted by molar-refractivity contribution is -0.137. The maximum Gasteiger partial charge on any atom is 0.416 e. The van der Waals surface area contributed by atoms with E-state index in [1.54, 1.807) is 18.2 Å². The summed E-state index contributed by atoms with van der Waals surface area (Å²) in [7, 11) is 0. The van der Waals surface area contributed by atoms with Crippen LogP contribution >= 0.6 is 0 Å². The van der Waals surface area contributed by atoms with Crippen molar-refractivity contribution in [1.82, 2.24) is 5.73 Å². The first-order chi connectivity index (χ1) is 8.45. The summed E-state index contributed by atoms with van der Waals surface area (Å²) in [6.07, 6.45) is -4.39. The predicted molar refractivity (Wildman–Crippen MR) is 60.7 cm³/mol. The van der Waals surface area contributed by atoms with Crippen molar-refractivity contribution in [3.8, 4) is 11.5 Å². The number of hydrogen-bond acceptors (Lipinski definition) is 1. The van der Waals surface area contributed by atoms with E-state index in [2.05, 4.69) is 0 Å². The molecule has 0 fully saturated rings. The first kappa shape index (κ1) is 12.3. The molecule has 0 aliphatic rings. The van der Waals surface area contributed by atoms with Gasteiger partial charge in [0, 0.05) is 6.07 Å². The summed E-state index contributed by atoms with van der Waals surface area (Å²) in [5.74, 6) is 0.428. The highest BCUT2D eigenvalue weighted by molar-refractivity contribution is 5.43. The molecule has 0 aliphatic carbocycles. The molecular formula is C13H9F3NO. The lowest BCUT2D eigenvalue weighted by Gasteiger charge is -2.10. The molecule has 5 heteroatoms. The van der Waals surface area contributed by atoms with Crippen LogP contribution in [0.25, 0.3) is 0 Å². The Balaban J connectivity index is 2.25. The summed E-state index contributed by atoms with van der Waals surface area (Å²) < 4.78 is 42.7. The SMILES string of the molecule is [NH]c1cccc(Oc2cccc(C(F)(F)F)c2)c1. The molecule has 0 atom stereocenters. The third kappa shape index (κ3) is 2.94. The molecular weight excluding hydrogens is 243 g/mol. The molecule has 18 heavy (non-hydrogen) atoms. The zero-order chi connectivity index (χ0) is 13.2. The minimum absolute atomic E-state index is 0.0930. The van der Waals surface area contributed by atoms with E-state index in [9.17, 15) is 13.2 Å². The summed E-state index contributed by atoms with van der Waals surface area (Å²) in [5, 5.41) is 0. The van der Waals surface area contributed by atoms with Crippen molar-refractivity contribution in [1.29, 1.82) is 0 Å². The van der Waals surface area contributed by atoms with Gasteiger partial charge in [-0.1, -0.05) is 12.1 Å². The number of nitrogens with one attached hydrogen (secondary N) is 1. The normalized spacial score (nSPS) is 11.3. The van der Waals surface area contributed by atoms with E-state index in [4.69, 9.17) is 10.5 Å². The fourth-order valence-corrected chi connectivity index (χ4v) is 1.43. The summed E-state index contributed by atoms with van der Waals surface area (Å²) in [6, 6.07) is 10.8. The van der Waals surface area contributed by atoms with Gasteiger partial charge in [-0.15, -0.1) is 0 Å². The third-order valence-corrected chi connectivity index (χ3v) is 2.23. The van der Waals surface area contributed by atoms with Crippen LogP contribution in [0.1, 0.15) is 5.56 Å². The highest BCUT2D eigenvalue weighted by Crippen LogP contribution is 2.32. The number of benzene rings is 2. The van der Waals surface area contributed by atoms with Crippen molar-refractivity contribution >= 4 is 5.69 Å². The number of hydrogen-bond donors (Lipinski definition) is 0. The van der Waals surface area contributed by atoms with Crippen LogP contribution in [0.4, 0.5) is 18.9 Å². The van der Waals surface area contributed by atoms with Crippen molar-refractivity contribution in [2.75, 3.05) is 0 Å². The van der Waals surface area contributed by atoms with Gasteiger partial charge in [0.1, 0.15) is 11.5 Å². The molecule has 93 valence electrons. The van der Waals surface area contributed by atoms with Crippen molar-refractivity contribution in [3.05, 3.63) is 54.1 Å². The standard InChI is InChI=1S/C13H9F3NO/c14-13(15,16)9-3-1-5-11(7-9)18-12-6-2-4-10(17)8-12/h1-8,17H. The van der Waals surface area contributed by atoms with Crippen molar-refractivity contribution in [3.63, 3.8) is 0 Å². The molecule has 2 aromatic rings. The smallest absolute Gasteiger partial charge is 0.416 e. The van der Waals surface area contributed by atoms with Gasteiger partial charge in [-0.05, 0) is 30.3 Å². The Bertz CT molecular complexity index is 552. The molecule has 0 spiro atoms. The van der Waals surface area contributed by atoms with Crippen LogP contribution in [0.2, 0.25) is 0 Å². The molecule has 0 unspecified atom stereocenters. The topological polar surface area (TPSA) is 33.0 Å². The van der Waals surface area contributed by atoms with Gasteiger partial charge in [0.25, 0.3) is 0 Å². The molecule has 2 nitrogen and oxygen atoms in total. The van der Waals surface area contributed by atoms with Crippen LogP contribution in [0.15, 0.2) is 48.5 Å². The lowest BCUT2D eigenvalue weighted by atomic mass is 10.2. The third-order valence-electron chi connectivity index (χ3n) is 2.23. The Hall–Kier alpha value is -2.17. The van der Waals surface area contributed by atoms with Crippen molar-refractivity contribution in [2.24, 2.45) is 0 Å². The van der Waals surface area contributed by atoms with E-state index in [0.29, 0.717) is 5.75 Å². The lowest BCUT2D eigenvalue weighted by Crippen LogP contribution is -2.04. The minimum Gasteiger partial charge on any atom is -0.457 e. The number of rotatable bonds is 2. The van der Waals surface area contributed by atoms with Crippen LogP contribution in [0.5, 0.6) is 11.5 Å². The van der Waals surface area contributed by atoms with Gasteiger partial charge in [0.05, 0.1) is 11.3 Å². The van der Waals surface area contributed by atoms with Gasteiger partial charge in [-0.3, -0.25) is 0 Å². The Morgan fingerprint density at radius 2 is 1.50 bits per heavy atom. The second kappa shape index (κ2) is 4.60. The van der Waals surface area contributed by atoms with E-state index >= 15 is 0 Å². The van der Waals surface area contributed by atoms with Gasteiger partial charge in [0.15, 0.2) is 0 Å². The molecule has 0 heterocycles. The first-order valence-electron chi connectivity index (χ1n) is 5.12. The van der Waals surface area contributed by atoms with E-state index in [0.717, 1.165) is 12.1 Å². The average molecular weight is 252 g/mol. The molecule has 0 aromatic heterocycles. The molecule has 0 saturated heterocycles. The molecule has 0 amide bonds. The molecule has 2 rings (SSSR count). The Morgan fingerprint density at radius 3 is 2.11 bits per heavy atom. The monoisotopic (exact) mass is 252 g/mol. The second-order valence-corrected chi connectivity index (χ2v) is 3.66. The summed E-state index contributed by atoms with van der Waals surface area (Å²) in [5.41, 5.74) is 6.86. The van der Waals surface area contributed by atoms with Crippen LogP contribution in [-0.4, -0.2) is 0 Å². The van der Waals surface area contributed by atoms with Gasteiger partial charge in [0.2, 0.25) is 0 Å². The minimum atomic E-state index is -4.39. The van der Waals surface area contributed by atoms with Crippen LogP contribution < -0.4 is 10.5 Å².